The molecule has 2 saturated carbocycles. The molecule has 1 aromatic carbocycles. The van der Waals surface area contributed by atoms with Gasteiger partial charge in [-0.1, -0.05) is 44.2 Å². The molecule has 0 amide bonds. The van der Waals surface area contributed by atoms with E-state index in [0.717, 1.165) is 25.8 Å². The number of nitrogens with one attached hydrogen (secondary N) is 1. The lowest BCUT2D eigenvalue weighted by molar-refractivity contribution is 0.124. The van der Waals surface area contributed by atoms with Crippen molar-refractivity contribution in [3.8, 4) is 0 Å². The van der Waals surface area contributed by atoms with Crippen LogP contribution in [0.15, 0.2) is 30.3 Å². The molecule has 1 aromatic rings. The molecular formula is C17H26N2O2S. The highest BCUT2D eigenvalue weighted by Crippen LogP contribution is 2.65. The van der Waals surface area contributed by atoms with Crippen LogP contribution in [0.4, 0.5) is 0 Å². The van der Waals surface area contributed by atoms with Gasteiger partial charge < -0.3 is 5.32 Å². The predicted molar refractivity (Wildman–Crippen MR) is 88.6 cm³/mol. The number of rotatable bonds is 5. The number of benzene rings is 1. The van der Waals surface area contributed by atoms with Crippen LogP contribution in [0, 0.1) is 16.7 Å². The highest BCUT2D eigenvalue weighted by Gasteiger charge is 2.64. The Morgan fingerprint density at radius 2 is 1.95 bits per heavy atom. The minimum Gasteiger partial charge on any atom is -0.309 e. The van der Waals surface area contributed by atoms with Gasteiger partial charge in [-0.05, 0) is 36.2 Å². The van der Waals surface area contributed by atoms with E-state index in [9.17, 15) is 8.42 Å². The lowest BCUT2D eigenvalue weighted by Crippen LogP contribution is -2.51. The van der Waals surface area contributed by atoms with Crippen molar-refractivity contribution in [2.75, 3.05) is 5.75 Å². The van der Waals surface area contributed by atoms with Crippen molar-refractivity contribution >= 4 is 10.0 Å². The van der Waals surface area contributed by atoms with Gasteiger partial charge in [-0.25, -0.2) is 13.6 Å². The van der Waals surface area contributed by atoms with Gasteiger partial charge >= 0.3 is 0 Å². The minimum atomic E-state index is -3.48. The lowest BCUT2D eigenvalue weighted by atomic mass is 9.69. The largest absolute Gasteiger partial charge is 0.309 e. The summed E-state index contributed by atoms with van der Waals surface area (Å²) in [6.45, 7) is 5.22. The van der Waals surface area contributed by atoms with Crippen LogP contribution in [0.2, 0.25) is 0 Å². The van der Waals surface area contributed by atoms with Crippen LogP contribution in [-0.2, 0) is 16.6 Å². The van der Waals surface area contributed by atoms with E-state index in [-0.39, 0.29) is 22.6 Å². The third-order valence-corrected chi connectivity index (χ3v) is 7.20. The molecule has 122 valence electrons. The van der Waals surface area contributed by atoms with Crippen molar-refractivity contribution in [3.63, 3.8) is 0 Å². The van der Waals surface area contributed by atoms with E-state index in [1.165, 1.54) is 5.56 Å². The fraction of sp³-hybridized carbons (Fsp3) is 0.647. The molecule has 3 rings (SSSR count). The molecule has 0 spiro atoms. The maximum absolute atomic E-state index is 11.8. The van der Waals surface area contributed by atoms with Crippen molar-refractivity contribution in [3.05, 3.63) is 35.9 Å². The van der Waals surface area contributed by atoms with Gasteiger partial charge in [0, 0.05) is 18.0 Å². The van der Waals surface area contributed by atoms with Gasteiger partial charge in [0.05, 0.1) is 5.75 Å². The van der Waals surface area contributed by atoms with E-state index < -0.39 is 10.0 Å². The Morgan fingerprint density at radius 1 is 1.27 bits per heavy atom. The van der Waals surface area contributed by atoms with Gasteiger partial charge in [-0.2, -0.15) is 0 Å². The predicted octanol–water partition coefficient (Wildman–Crippen LogP) is 2.26. The van der Waals surface area contributed by atoms with Crippen LogP contribution in [0.1, 0.15) is 38.7 Å². The maximum atomic E-state index is 11.8. The molecular weight excluding hydrogens is 296 g/mol. The van der Waals surface area contributed by atoms with Crippen molar-refractivity contribution in [1.82, 2.24) is 5.32 Å². The molecule has 3 N–H and O–H groups in total. The molecule has 4 nitrogen and oxygen atoms in total. The highest BCUT2D eigenvalue weighted by atomic mass is 32.2. The van der Waals surface area contributed by atoms with E-state index in [2.05, 4.69) is 31.3 Å². The number of fused-ring (bicyclic) bond motifs is 2. The second kappa shape index (κ2) is 5.32. The summed E-state index contributed by atoms with van der Waals surface area (Å²) in [6, 6.07) is 10.5. The summed E-state index contributed by atoms with van der Waals surface area (Å²) in [6.07, 6.45) is 3.12. The summed E-state index contributed by atoms with van der Waals surface area (Å²) in [5.41, 5.74) is 1.02. The first kappa shape index (κ1) is 16.0. The Balaban J connectivity index is 1.82. The molecule has 0 aromatic heterocycles. The van der Waals surface area contributed by atoms with Crippen LogP contribution in [0.5, 0.6) is 0 Å². The summed E-state index contributed by atoms with van der Waals surface area (Å²) in [5, 5.41) is 9.06. The van der Waals surface area contributed by atoms with Gasteiger partial charge in [0.1, 0.15) is 0 Å². The topological polar surface area (TPSA) is 72.2 Å². The number of sulfonamides is 1. The summed E-state index contributed by atoms with van der Waals surface area (Å²) < 4.78 is 23.7. The molecule has 2 aliphatic rings. The van der Waals surface area contributed by atoms with E-state index in [0.29, 0.717) is 5.92 Å². The summed E-state index contributed by atoms with van der Waals surface area (Å²) in [7, 11) is -3.48. The standard InChI is InChI=1S/C17H26N2O2S/c1-16(2)14-8-9-17(16,12-22(18,20)21)15(10-14)19-11-13-6-4-3-5-7-13/h3-7,14-15,19H,8-12H2,1-2H3,(H2,18,20,21)/t14-,15-,17-/m1/s1. The average Bonchev–Trinajstić information content (AvgIpc) is 2.78. The first-order valence-corrected chi connectivity index (χ1v) is 9.74. The smallest absolute Gasteiger partial charge is 0.209 e. The Bertz CT molecular complexity index is 642. The minimum absolute atomic E-state index is 0.0216. The van der Waals surface area contributed by atoms with E-state index in [4.69, 9.17) is 5.14 Å². The fourth-order valence-electron chi connectivity index (χ4n) is 4.90. The van der Waals surface area contributed by atoms with Gasteiger partial charge in [-0.3, -0.25) is 0 Å². The first-order valence-electron chi connectivity index (χ1n) is 8.02. The number of nitrogens with two attached hydrogens (primary N) is 1. The van der Waals surface area contributed by atoms with Gasteiger partial charge in [0.25, 0.3) is 0 Å². The van der Waals surface area contributed by atoms with Crippen LogP contribution < -0.4 is 10.5 Å². The molecule has 0 unspecified atom stereocenters. The molecule has 3 atom stereocenters. The zero-order valence-electron chi connectivity index (χ0n) is 13.4. The number of hydrogen-bond donors (Lipinski definition) is 2. The highest BCUT2D eigenvalue weighted by molar-refractivity contribution is 7.89. The molecule has 5 heteroatoms. The third kappa shape index (κ3) is 2.59. The van der Waals surface area contributed by atoms with E-state index in [1.54, 1.807) is 0 Å². The summed E-state index contributed by atoms with van der Waals surface area (Å²) >= 11 is 0. The maximum Gasteiger partial charge on any atom is 0.209 e. The monoisotopic (exact) mass is 322 g/mol. The second-order valence-electron chi connectivity index (χ2n) is 7.58. The molecule has 0 saturated heterocycles. The van der Waals surface area contributed by atoms with Gasteiger partial charge in [0.2, 0.25) is 10.0 Å². The zero-order valence-corrected chi connectivity index (χ0v) is 14.2. The Kier molecular flexibility index (Phi) is 3.86. The first-order chi connectivity index (χ1) is 10.2. The number of primary sulfonamides is 1. The summed E-state index contributed by atoms with van der Waals surface area (Å²) in [5.74, 6) is 0.679. The SMILES string of the molecule is CC1(C)[C@@H]2CC[C@@]1(CS(N)(=O)=O)[C@H](NCc1ccccc1)C2. The fourth-order valence-corrected chi connectivity index (χ4v) is 6.34. The molecule has 2 aliphatic carbocycles. The van der Waals surface area contributed by atoms with Crippen LogP contribution >= 0.6 is 0 Å². The average molecular weight is 322 g/mol. The summed E-state index contributed by atoms with van der Waals surface area (Å²) in [4.78, 5) is 0. The lowest BCUT2D eigenvalue weighted by Gasteiger charge is -2.42. The Hall–Kier alpha value is -0.910. The molecule has 0 radical (unpaired) electrons. The molecule has 2 bridgehead atoms. The molecule has 22 heavy (non-hydrogen) atoms. The van der Waals surface area contributed by atoms with Gasteiger partial charge in [-0.15, -0.1) is 0 Å². The molecule has 2 fully saturated rings. The van der Waals surface area contributed by atoms with Crippen molar-refractivity contribution < 1.29 is 8.42 Å². The second-order valence-corrected chi connectivity index (χ2v) is 9.19. The van der Waals surface area contributed by atoms with Gasteiger partial charge in [0.15, 0.2) is 0 Å². The molecule has 0 aliphatic heterocycles. The normalized spacial score (nSPS) is 33.2. The van der Waals surface area contributed by atoms with Crippen molar-refractivity contribution in [1.29, 1.82) is 0 Å². The molecule has 0 heterocycles. The van der Waals surface area contributed by atoms with Crippen molar-refractivity contribution in [2.24, 2.45) is 21.9 Å². The van der Waals surface area contributed by atoms with Crippen LogP contribution in [-0.4, -0.2) is 20.2 Å². The van der Waals surface area contributed by atoms with Crippen molar-refractivity contribution in [2.45, 2.75) is 45.7 Å². The zero-order chi connectivity index (χ0) is 16.0. The Morgan fingerprint density at radius 3 is 2.55 bits per heavy atom. The third-order valence-electron chi connectivity index (χ3n) is 6.28. The van der Waals surface area contributed by atoms with E-state index in [1.807, 2.05) is 18.2 Å². The van der Waals surface area contributed by atoms with Crippen LogP contribution in [0.3, 0.4) is 0 Å². The van der Waals surface area contributed by atoms with Crippen LogP contribution in [0.25, 0.3) is 0 Å². The quantitative estimate of drug-likeness (QED) is 0.873. The van der Waals surface area contributed by atoms with E-state index >= 15 is 0 Å². The number of hydrogen-bond acceptors (Lipinski definition) is 3. The Labute approximate surface area is 133 Å².